The van der Waals surface area contributed by atoms with E-state index in [1.165, 1.54) is 28.5 Å². The predicted molar refractivity (Wildman–Crippen MR) is 115 cm³/mol. The fourth-order valence-corrected chi connectivity index (χ4v) is 3.99. The molecule has 1 heterocycles. The van der Waals surface area contributed by atoms with E-state index in [4.69, 9.17) is 0 Å². The van der Waals surface area contributed by atoms with Gasteiger partial charge in [0, 0.05) is 17.6 Å². The molecule has 0 aliphatic carbocycles. The largest absolute Gasteiger partial charge is 0.435 e. The van der Waals surface area contributed by atoms with Crippen LogP contribution in [0.2, 0.25) is 0 Å². The summed E-state index contributed by atoms with van der Waals surface area (Å²) in [4.78, 5) is 29.5. The Bertz CT molecular complexity index is 1110. The number of thioether (sulfide) groups is 1. The lowest BCUT2D eigenvalue weighted by molar-refractivity contribution is -0.118. The van der Waals surface area contributed by atoms with Gasteiger partial charge in [-0.1, -0.05) is 39.8 Å². The standard InChI is InChI=1S/C20H18BrF2N3O3S/c1-2-26-18(28)15-9-13(21)5-8-16(15)25-20(26)30-11-17(27)24-10-12-3-6-14(7-4-12)29-19(22)23/h3-9,19H,2,10-11H2,1H3,(H,24,27). The monoisotopic (exact) mass is 497 g/mol. The second kappa shape index (κ2) is 10.0. The van der Waals surface area contributed by atoms with Crippen LogP contribution in [0.5, 0.6) is 5.75 Å². The normalized spacial score (nSPS) is 11.1. The first-order valence-electron chi connectivity index (χ1n) is 9.00. The van der Waals surface area contributed by atoms with Crippen molar-refractivity contribution >= 4 is 44.5 Å². The topological polar surface area (TPSA) is 73.2 Å². The molecule has 2 aromatic carbocycles. The summed E-state index contributed by atoms with van der Waals surface area (Å²) in [5.74, 6) is -0.0931. The smallest absolute Gasteiger partial charge is 0.387 e. The van der Waals surface area contributed by atoms with Gasteiger partial charge in [-0.25, -0.2) is 4.98 Å². The summed E-state index contributed by atoms with van der Waals surface area (Å²) in [5, 5.41) is 3.74. The Morgan fingerprint density at radius 2 is 2.00 bits per heavy atom. The second-order valence-electron chi connectivity index (χ2n) is 6.19. The van der Waals surface area contributed by atoms with E-state index in [1.54, 1.807) is 24.3 Å². The van der Waals surface area contributed by atoms with Gasteiger partial charge in [0.2, 0.25) is 5.91 Å². The molecule has 3 aromatic rings. The maximum Gasteiger partial charge on any atom is 0.387 e. The molecule has 0 spiro atoms. The third-order valence-corrected chi connectivity index (χ3v) is 5.64. The number of nitrogens with zero attached hydrogens (tertiary/aromatic N) is 2. The Labute approximate surface area is 183 Å². The lowest BCUT2D eigenvalue weighted by Gasteiger charge is -2.11. The van der Waals surface area contributed by atoms with E-state index >= 15 is 0 Å². The van der Waals surface area contributed by atoms with Gasteiger partial charge in [0.25, 0.3) is 5.56 Å². The molecule has 30 heavy (non-hydrogen) atoms. The van der Waals surface area contributed by atoms with Crippen LogP contribution in [0.4, 0.5) is 8.78 Å². The van der Waals surface area contributed by atoms with Crippen LogP contribution >= 0.6 is 27.7 Å². The maximum absolute atomic E-state index is 12.7. The summed E-state index contributed by atoms with van der Waals surface area (Å²) in [7, 11) is 0. The predicted octanol–water partition coefficient (Wildman–Crippen LogP) is 4.19. The number of carbonyl (C=O) groups is 1. The summed E-state index contributed by atoms with van der Waals surface area (Å²) in [6, 6.07) is 11.3. The zero-order chi connectivity index (χ0) is 21.7. The molecule has 10 heteroatoms. The number of rotatable bonds is 8. The Kier molecular flexibility index (Phi) is 7.43. The molecule has 0 saturated heterocycles. The van der Waals surface area contributed by atoms with Gasteiger partial charge in [0.15, 0.2) is 5.16 Å². The van der Waals surface area contributed by atoms with Crippen LogP contribution in [0.15, 0.2) is 56.9 Å². The minimum atomic E-state index is -2.88. The zero-order valence-electron chi connectivity index (χ0n) is 15.9. The SMILES string of the molecule is CCn1c(SCC(=O)NCc2ccc(OC(F)F)cc2)nc2ccc(Br)cc2c1=O. The molecule has 0 atom stereocenters. The number of alkyl halides is 2. The Morgan fingerprint density at radius 1 is 1.27 bits per heavy atom. The van der Waals surface area contributed by atoms with E-state index in [9.17, 15) is 18.4 Å². The van der Waals surface area contributed by atoms with Crippen molar-refractivity contribution < 1.29 is 18.3 Å². The van der Waals surface area contributed by atoms with Gasteiger partial charge in [-0.2, -0.15) is 8.78 Å². The maximum atomic E-state index is 12.7. The van der Waals surface area contributed by atoms with Crippen LogP contribution in [0.25, 0.3) is 10.9 Å². The number of hydrogen-bond acceptors (Lipinski definition) is 5. The minimum absolute atomic E-state index is 0.0579. The van der Waals surface area contributed by atoms with E-state index in [0.717, 1.165) is 10.0 Å². The fourth-order valence-electron chi connectivity index (χ4n) is 2.73. The highest BCUT2D eigenvalue weighted by Crippen LogP contribution is 2.20. The Balaban J connectivity index is 1.62. The van der Waals surface area contributed by atoms with E-state index in [-0.39, 0.29) is 29.5 Å². The first-order chi connectivity index (χ1) is 14.4. The Hall–Kier alpha value is -2.46. The number of nitrogens with one attached hydrogen (secondary N) is 1. The molecule has 0 aliphatic heterocycles. The molecule has 0 fully saturated rings. The van der Waals surface area contributed by atoms with Crippen molar-refractivity contribution in [3.8, 4) is 5.75 Å². The molecule has 3 rings (SSSR count). The summed E-state index contributed by atoms with van der Waals surface area (Å²) in [6.45, 7) is -0.351. The average molecular weight is 498 g/mol. The molecule has 6 nitrogen and oxygen atoms in total. The molecule has 158 valence electrons. The second-order valence-corrected chi connectivity index (χ2v) is 8.05. The molecule has 1 aromatic heterocycles. The van der Waals surface area contributed by atoms with Gasteiger partial charge < -0.3 is 10.1 Å². The van der Waals surface area contributed by atoms with Gasteiger partial charge >= 0.3 is 6.61 Å². The molecule has 0 saturated carbocycles. The number of benzene rings is 2. The summed E-state index contributed by atoms with van der Waals surface area (Å²) < 4.78 is 31.0. The number of hydrogen-bond donors (Lipinski definition) is 1. The van der Waals surface area contributed by atoms with Crippen LogP contribution < -0.4 is 15.6 Å². The number of aromatic nitrogens is 2. The average Bonchev–Trinajstić information content (AvgIpc) is 2.72. The summed E-state index contributed by atoms with van der Waals surface area (Å²) in [6.07, 6.45) is 0. The summed E-state index contributed by atoms with van der Waals surface area (Å²) in [5.41, 5.74) is 1.16. The lowest BCUT2D eigenvalue weighted by atomic mass is 10.2. The van der Waals surface area contributed by atoms with E-state index in [1.807, 2.05) is 13.0 Å². The molecular weight excluding hydrogens is 480 g/mol. The number of halogens is 3. The fraction of sp³-hybridized carbons (Fsp3) is 0.250. The molecule has 0 unspecified atom stereocenters. The number of fused-ring (bicyclic) bond motifs is 1. The number of carbonyl (C=O) groups excluding carboxylic acids is 1. The Morgan fingerprint density at radius 3 is 2.67 bits per heavy atom. The van der Waals surface area contributed by atoms with Crippen molar-refractivity contribution in [2.45, 2.75) is 31.8 Å². The molecule has 1 N–H and O–H groups in total. The number of amides is 1. The first-order valence-corrected chi connectivity index (χ1v) is 10.8. The third kappa shape index (κ3) is 5.57. The van der Waals surface area contributed by atoms with Crippen LogP contribution in [0.1, 0.15) is 12.5 Å². The molecule has 0 bridgehead atoms. The quantitative estimate of drug-likeness (QED) is 0.373. The van der Waals surface area contributed by atoms with Crippen LogP contribution in [-0.4, -0.2) is 27.8 Å². The first kappa shape index (κ1) is 22.2. The van der Waals surface area contributed by atoms with E-state index in [2.05, 4.69) is 31.0 Å². The van der Waals surface area contributed by atoms with E-state index < -0.39 is 6.61 Å². The highest BCUT2D eigenvalue weighted by molar-refractivity contribution is 9.10. The zero-order valence-corrected chi connectivity index (χ0v) is 18.3. The lowest BCUT2D eigenvalue weighted by Crippen LogP contribution is -2.26. The molecule has 0 radical (unpaired) electrons. The van der Waals surface area contributed by atoms with Gasteiger partial charge in [-0.15, -0.1) is 0 Å². The van der Waals surface area contributed by atoms with Crippen molar-refractivity contribution in [3.05, 3.63) is 62.9 Å². The van der Waals surface area contributed by atoms with Gasteiger partial charge in [0.1, 0.15) is 5.75 Å². The van der Waals surface area contributed by atoms with Crippen LogP contribution in [0, 0.1) is 0 Å². The molecule has 1 amide bonds. The minimum Gasteiger partial charge on any atom is -0.435 e. The number of ether oxygens (including phenoxy) is 1. The molecule has 0 aliphatic rings. The van der Waals surface area contributed by atoms with Crippen molar-refractivity contribution in [1.82, 2.24) is 14.9 Å². The van der Waals surface area contributed by atoms with Crippen LogP contribution in [-0.2, 0) is 17.9 Å². The van der Waals surface area contributed by atoms with Gasteiger partial charge in [-0.3, -0.25) is 14.2 Å². The highest BCUT2D eigenvalue weighted by atomic mass is 79.9. The van der Waals surface area contributed by atoms with E-state index in [0.29, 0.717) is 22.6 Å². The summed E-state index contributed by atoms with van der Waals surface area (Å²) >= 11 is 4.54. The van der Waals surface area contributed by atoms with Crippen molar-refractivity contribution in [2.24, 2.45) is 0 Å². The van der Waals surface area contributed by atoms with Crippen molar-refractivity contribution in [2.75, 3.05) is 5.75 Å². The third-order valence-electron chi connectivity index (χ3n) is 4.17. The molecular formula is C20H18BrF2N3O3S. The van der Waals surface area contributed by atoms with Crippen molar-refractivity contribution in [1.29, 1.82) is 0 Å². The van der Waals surface area contributed by atoms with Crippen LogP contribution in [0.3, 0.4) is 0 Å². The van der Waals surface area contributed by atoms with Gasteiger partial charge in [0.05, 0.1) is 16.7 Å². The van der Waals surface area contributed by atoms with Gasteiger partial charge in [-0.05, 0) is 42.8 Å². The van der Waals surface area contributed by atoms with Crippen molar-refractivity contribution in [3.63, 3.8) is 0 Å². The highest BCUT2D eigenvalue weighted by Gasteiger charge is 2.13.